The fourth-order valence-corrected chi connectivity index (χ4v) is 3.57. The van der Waals surface area contributed by atoms with Gasteiger partial charge in [-0.05, 0) is 23.8 Å². The second kappa shape index (κ2) is 7.38. The van der Waals surface area contributed by atoms with E-state index in [0.717, 1.165) is 17.8 Å². The minimum atomic E-state index is -4.42. The van der Waals surface area contributed by atoms with Crippen LogP contribution in [-0.2, 0) is 22.1 Å². The number of hydrogen-bond acceptors (Lipinski definition) is 5. The molecule has 6 nitrogen and oxygen atoms in total. The Morgan fingerprint density at radius 1 is 1.07 bits per heavy atom. The molecule has 2 aliphatic rings. The van der Waals surface area contributed by atoms with Crippen molar-refractivity contribution in [3.63, 3.8) is 0 Å². The summed E-state index contributed by atoms with van der Waals surface area (Å²) in [5.41, 5.74) is 0.471. The van der Waals surface area contributed by atoms with Crippen LogP contribution in [-0.4, -0.2) is 54.0 Å². The lowest BCUT2D eigenvalue weighted by atomic mass is 9.98. The van der Waals surface area contributed by atoms with Gasteiger partial charge in [0.15, 0.2) is 6.10 Å². The average Bonchev–Trinajstić information content (AvgIpc) is 2.73. The molecule has 1 fully saturated rings. The van der Waals surface area contributed by atoms with Crippen molar-refractivity contribution < 1.29 is 27.5 Å². The van der Waals surface area contributed by atoms with Crippen LogP contribution in [0.1, 0.15) is 21.5 Å². The summed E-state index contributed by atoms with van der Waals surface area (Å²) in [4.78, 5) is 32.3. The Labute approximate surface area is 164 Å². The Bertz CT molecular complexity index is 923. The van der Waals surface area contributed by atoms with Gasteiger partial charge in [0.2, 0.25) is 0 Å². The van der Waals surface area contributed by atoms with Crippen molar-refractivity contribution in [1.29, 1.82) is 0 Å². The normalized spacial score (nSPS) is 19.6. The second-order valence-electron chi connectivity index (χ2n) is 6.97. The van der Waals surface area contributed by atoms with Gasteiger partial charge in [-0.1, -0.05) is 18.2 Å². The average molecular weight is 405 g/mol. The molecule has 0 saturated carbocycles. The summed E-state index contributed by atoms with van der Waals surface area (Å²) in [6.45, 7) is 1.61. The number of piperazine rings is 1. The lowest BCUT2D eigenvalue weighted by Crippen LogP contribution is -2.53. The van der Waals surface area contributed by atoms with E-state index >= 15 is 0 Å². The van der Waals surface area contributed by atoms with E-state index in [4.69, 9.17) is 4.74 Å². The molecule has 0 N–H and O–H groups in total. The number of aromatic nitrogens is 1. The maximum Gasteiger partial charge on any atom is 0.417 e. The number of carbonyl (C=O) groups excluding carboxylic acids is 2. The molecule has 0 spiro atoms. The third kappa shape index (κ3) is 3.90. The standard InChI is InChI=1S/C20H18F3N3O3/c21-20(22,23)14-5-6-17(24-12-14)25-7-9-26(10-8-25)18(27)16-11-13-3-1-2-4-15(13)19(28)29-16/h1-6,12,16H,7-11H2/t16-/m0/s1. The number of benzene rings is 1. The van der Waals surface area contributed by atoms with Gasteiger partial charge in [-0.3, -0.25) is 4.79 Å². The topological polar surface area (TPSA) is 62.7 Å². The van der Waals surface area contributed by atoms with Crippen molar-refractivity contribution >= 4 is 17.7 Å². The molecule has 3 heterocycles. The van der Waals surface area contributed by atoms with Crippen molar-refractivity contribution in [3.05, 3.63) is 59.3 Å². The largest absolute Gasteiger partial charge is 0.448 e. The number of rotatable bonds is 2. The Balaban J connectivity index is 1.37. The number of carbonyl (C=O) groups is 2. The molecule has 0 bridgehead atoms. The Kier molecular flexibility index (Phi) is 4.89. The molecule has 1 atom stereocenters. The molecule has 2 aliphatic heterocycles. The summed E-state index contributed by atoms with van der Waals surface area (Å²) in [6.07, 6.45) is -4.13. The molecule has 0 unspecified atom stereocenters. The van der Waals surface area contributed by atoms with Gasteiger partial charge in [0.05, 0.1) is 11.1 Å². The van der Waals surface area contributed by atoms with E-state index in [0.29, 0.717) is 44.0 Å². The van der Waals surface area contributed by atoms with E-state index in [1.807, 2.05) is 17.0 Å². The number of halogens is 3. The lowest BCUT2D eigenvalue weighted by Gasteiger charge is -2.37. The summed E-state index contributed by atoms with van der Waals surface area (Å²) in [5, 5.41) is 0. The molecule has 1 aromatic carbocycles. The van der Waals surface area contributed by atoms with Crippen LogP contribution in [0.25, 0.3) is 0 Å². The van der Waals surface area contributed by atoms with Crippen LogP contribution in [0.2, 0.25) is 0 Å². The first kappa shape index (κ1) is 19.2. The predicted molar refractivity (Wildman–Crippen MR) is 97.4 cm³/mol. The van der Waals surface area contributed by atoms with Crippen LogP contribution >= 0.6 is 0 Å². The van der Waals surface area contributed by atoms with E-state index in [-0.39, 0.29) is 5.91 Å². The van der Waals surface area contributed by atoms with E-state index in [1.54, 1.807) is 17.0 Å². The molecule has 152 valence electrons. The first-order chi connectivity index (χ1) is 13.8. The van der Waals surface area contributed by atoms with E-state index < -0.39 is 23.8 Å². The van der Waals surface area contributed by atoms with Gasteiger partial charge in [-0.15, -0.1) is 0 Å². The maximum atomic E-state index is 12.8. The number of hydrogen-bond donors (Lipinski definition) is 0. The van der Waals surface area contributed by atoms with Gasteiger partial charge in [0, 0.05) is 38.8 Å². The highest BCUT2D eigenvalue weighted by molar-refractivity contribution is 5.95. The molecule has 2 aromatic rings. The Morgan fingerprint density at radius 2 is 1.79 bits per heavy atom. The number of fused-ring (bicyclic) bond motifs is 1. The third-order valence-corrected chi connectivity index (χ3v) is 5.16. The van der Waals surface area contributed by atoms with E-state index in [9.17, 15) is 22.8 Å². The quantitative estimate of drug-likeness (QED) is 0.719. The smallest absolute Gasteiger partial charge is 0.417 e. The van der Waals surface area contributed by atoms with Gasteiger partial charge >= 0.3 is 12.1 Å². The summed E-state index contributed by atoms with van der Waals surface area (Å²) in [6, 6.07) is 9.38. The highest BCUT2D eigenvalue weighted by Crippen LogP contribution is 2.29. The molecule has 1 saturated heterocycles. The molecular weight excluding hydrogens is 387 g/mol. The van der Waals surface area contributed by atoms with E-state index in [1.165, 1.54) is 6.07 Å². The summed E-state index contributed by atoms with van der Waals surface area (Å²) < 4.78 is 43.3. The van der Waals surface area contributed by atoms with Crippen LogP contribution in [0.3, 0.4) is 0 Å². The monoisotopic (exact) mass is 405 g/mol. The van der Waals surface area contributed by atoms with Gasteiger partial charge < -0.3 is 14.5 Å². The van der Waals surface area contributed by atoms with Crippen LogP contribution < -0.4 is 4.90 Å². The van der Waals surface area contributed by atoms with Crippen LogP contribution in [0.15, 0.2) is 42.6 Å². The number of cyclic esters (lactones) is 1. The fraction of sp³-hybridized carbons (Fsp3) is 0.350. The van der Waals surface area contributed by atoms with Crippen molar-refractivity contribution in [2.24, 2.45) is 0 Å². The zero-order chi connectivity index (χ0) is 20.6. The SMILES string of the molecule is O=C1O[C@H](C(=O)N2CCN(c3ccc(C(F)(F)F)cn3)CC2)Cc2ccccc21. The molecule has 1 amide bonds. The number of nitrogens with zero attached hydrogens (tertiary/aromatic N) is 3. The van der Waals surface area contributed by atoms with Crippen molar-refractivity contribution in [1.82, 2.24) is 9.88 Å². The number of amides is 1. The minimum absolute atomic E-state index is 0.257. The second-order valence-corrected chi connectivity index (χ2v) is 6.97. The first-order valence-corrected chi connectivity index (χ1v) is 9.19. The zero-order valence-corrected chi connectivity index (χ0v) is 15.4. The van der Waals surface area contributed by atoms with Gasteiger partial charge in [-0.2, -0.15) is 13.2 Å². The molecule has 29 heavy (non-hydrogen) atoms. The van der Waals surface area contributed by atoms with Crippen LogP contribution in [0.5, 0.6) is 0 Å². The highest BCUT2D eigenvalue weighted by atomic mass is 19.4. The van der Waals surface area contributed by atoms with E-state index in [2.05, 4.69) is 4.98 Å². The number of pyridine rings is 1. The summed E-state index contributed by atoms with van der Waals surface area (Å²) >= 11 is 0. The minimum Gasteiger partial charge on any atom is -0.448 e. The number of esters is 1. The van der Waals surface area contributed by atoms with Gasteiger partial charge in [0.25, 0.3) is 5.91 Å². The summed E-state index contributed by atoms with van der Waals surface area (Å²) in [5.74, 6) is -0.325. The number of anilines is 1. The van der Waals surface area contributed by atoms with Gasteiger partial charge in [-0.25, -0.2) is 9.78 Å². The lowest BCUT2D eigenvalue weighted by molar-refractivity contribution is -0.141. The molecule has 9 heteroatoms. The van der Waals surface area contributed by atoms with Crippen molar-refractivity contribution in [3.8, 4) is 0 Å². The fourth-order valence-electron chi connectivity index (χ4n) is 3.57. The van der Waals surface area contributed by atoms with Gasteiger partial charge in [0.1, 0.15) is 5.82 Å². The highest BCUT2D eigenvalue weighted by Gasteiger charge is 2.35. The first-order valence-electron chi connectivity index (χ1n) is 9.19. The number of alkyl halides is 3. The van der Waals surface area contributed by atoms with Crippen molar-refractivity contribution in [2.75, 3.05) is 31.1 Å². The van der Waals surface area contributed by atoms with Crippen LogP contribution in [0.4, 0.5) is 19.0 Å². The summed E-state index contributed by atoms with van der Waals surface area (Å²) in [7, 11) is 0. The molecule has 1 aromatic heterocycles. The number of ether oxygens (including phenoxy) is 1. The molecule has 4 rings (SSSR count). The molecule has 0 radical (unpaired) electrons. The molecular formula is C20H18F3N3O3. The zero-order valence-electron chi connectivity index (χ0n) is 15.4. The maximum absolute atomic E-state index is 12.8. The Hall–Kier alpha value is -3.10. The third-order valence-electron chi connectivity index (χ3n) is 5.16. The van der Waals surface area contributed by atoms with Crippen LogP contribution in [0, 0.1) is 0 Å². The molecule has 0 aliphatic carbocycles. The predicted octanol–water partition coefficient (Wildman–Crippen LogP) is 2.53. The van der Waals surface area contributed by atoms with Crippen molar-refractivity contribution in [2.45, 2.75) is 18.7 Å². The Morgan fingerprint density at radius 3 is 2.45 bits per heavy atom.